The topological polar surface area (TPSA) is 93.1 Å². The van der Waals surface area contributed by atoms with Crippen LogP contribution in [-0.4, -0.2) is 71.6 Å². The van der Waals surface area contributed by atoms with Crippen LogP contribution in [-0.2, 0) is 19.1 Å². The van der Waals surface area contributed by atoms with Gasteiger partial charge in [0.2, 0.25) is 0 Å². The van der Waals surface area contributed by atoms with Crippen LogP contribution in [0.4, 0.5) is 0 Å². The molecule has 24 heavy (non-hydrogen) atoms. The summed E-state index contributed by atoms with van der Waals surface area (Å²) in [7, 11) is 6.24. The van der Waals surface area contributed by atoms with Gasteiger partial charge in [0.1, 0.15) is 13.2 Å². The lowest BCUT2D eigenvalue weighted by Gasteiger charge is -2.05. The molecule has 0 aliphatic carbocycles. The molecule has 0 fully saturated rings. The van der Waals surface area contributed by atoms with Crippen LogP contribution < -0.4 is 0 Å². The second-order valence-corrected chi connectivity index (χ2v) is 9.79. The zero-order chi connectivity index (χ0) is 17.9. The number of hydrogen-bond donors (Lipinski definition) is 2. The Kier molecular flexibility index (Phi) is 19.8. The molecule has 0 bridgehead atoms. The van der Waals surface area contributed by atoms with Crippen LogP contribution in [0.1, 0.15) is 25.7 Å². The highest BCUT2D eigenvalue weighted by atomic mass is 33.1. The Morgan fingerprint density at radius 2 is 1.04 bits per heavy atom. The molecule has 0 aliphatic heterocycles. The highest BCUT2D eigenvalue weighted by molar-refractivity contribution is 8.77. The quantitative estimate of drug-likeness (QED) is 0.208. The van der Waals surface area contributed by atoms with E-state index < -0.39 is 0 Å². The zero-order valence-electron chi connectivity index (χ0n) is 13.6. The number of aliphatic hydroxyl groups is 2. The van der Waals surface area contributed by atoms with Crippen LogP contribution in [0.2, 0.25) is 0 Å². The molecule has 0 radical (unpaired) electrons. The summed E-state index contributed by atoms with van der Waals surface area (Å²) in [6.07, 6.45) is 1.85. The van der Waals surface area contributed by atoms with E-state index in [1.807, 2.05) is 0 Å². The standard InChI is InChI=1S/C14H26O6S4/c15-5-9-21-23-11-7-19-13(17)3-1-2-4-14(18)20-8-12-24-22-10-6-16/h15-16H,1-12H2. The lowest BCUT2D eigenvalue weighted by Crippen LogP contribution is -2.09. The van der Waals surface area contributed by atoms with Crippen molar-refractivity contribution in [1.29, 1.82) is 0 Å². The Labute approximate surface area is 159 Å². The first-order chi connectivity index (χ1) is 11.7. The Morgan fingerprint density at radius 1 is 0.667 bits per heavy atom. The highest BCUT2D eigenvalue weighted by Crippen LogP contribution is 2.20. The molecular formula is C14H26O6S4. The first-order valence-corrected chi connectivity index (χ1v) is 12.7. The summed E-state index contributed by atoms with van der Waals surface area (Å²) in [5.74, 6) is 2.28. The summed E-state index contributed by atoms with van der Waals surface area (Å²) < 4.78 is 10.1. The molecule has 0 aromatic rings. The van der Waals surface area contributed by atoms with E-state index in [2.05, 4.69) is 0 Å². The third-order valence-corrected chi connectivity index (χ3v) is 7.09. The van der Waals surface area contributed by atoms with Crippen molar-refractivity contribution in [3.63, 3.8) is 0 Å². The summed E-state index contributed by atoms with van der Waals surface area (Å²) >= 11 is 0. The fourth-order valence-electron chi connectivity index (χ4n) is 1.37. The van der Waals surface area contributed by atoms with Gasteiger partial charge in [-0.3, -0.25) is 9.59 Å². The number of hydrogen-bond acceptors (Lipinski definition) is 10. The number of aliphatic hydroxyl groups excluding tert-OH is 2. The third-order valence-electron chi connectivity index (χ3n) is 2.39. The number of ether oxygens (including phenoxy) is 2. The molecule has 0 amide bonds. The van der Waals surface area contributed by atoms with Crippen LogP contribution in [0.15, 0.2) is 0 Å². The van der Waals surface area contributed by atoms with Gasteiger partial charge < -0.3 is 19.7 Å². The largest absolute Gasteiger partial charge is 0.465 e. The van der Waals surface area contributed by atoms with Gasteiger partial charge in [0.25, 0.3) is 0 Å². The first kappa shape index (κ1) is 24.3. The van der Waals surface area contributed by atoms with Crippen molar-refractivity contribution in [2.24, 2.45) is 0 Å². The number of rotatable bonds is 17. The Hall–Kier alpha value is 0.260. The molecule has 0 aliphatic rings. The maximum atomic E-state index is 11.5. The molecule has 10 heteroatoms. The highest BCUT2D eigenvalue weighted by Gasteiger charge is 2.06. The second-order valence-electron chi connectivity index (χ2n) is 4.38. The van der Waals surface area contributed by atoms with Crippen LogP contribution >= 0.6 is 43.2 Å². The van der Waals surface area contributed by atoms with Gasteiger partial charge in [-0.05, 0) is 12.8 Å². The molecule has 0 spiro atoms. The van der Waals surface area contributed by atoms with Crippen LogP contribution in [0, 0.1) is 0 Å². The van der Waals surface area contributed by atoms with Crippen molar-refractivity contribution in [3.8, 4) is 0 Å². The fraction of sp³-hybridized carbons (Fsp3) is 0.857. The molecule has 0 saturated carbocycles. The van der Waals surface area contributed by atoms with E-state index in [4.69, 9.17) is 19.7 Å². The molecule has 0 rings (SSSR count). The first-order valence-electron chi connectivity index (χ1n) is 7.72. The monoisotopic (exact) mass is 418 g/mol. The maximum Gasteiger partial charge on any atom is 0.305 e. The van der Waals surface area contributed by atoms with Gasteiger partial charge in [-0.15, -0.1) is 0 Å². The zero-order valence-corrected chi connectivity index (χ0v) is 16.9. The van der Waals surface area contributed by atoms with Gasteiger partial charge in [0.15, 0.2) is 0 Å². The summed E-state index contributed by atoms with van der Waals surface area (Å²) in [6.45, 7) is 1.05. The van der Waals surface area contributed by atoms with E-state index in [0.717, 1.165) is 0 Å². The molecule has 0 aromatic heterocycles. The number of carbonyl (C=O) groups excluding carboxylic acids is 2. The smallest absolute Gasteiger partial charge is 0.305 e. The van der Waals surface area contributed by atoms with Crippen LogP contribution in [0.5, 0.6) is 0 Å². The van der Waals surface area contributed by atoms with E-state index in [0.29, 0.717) is 61.9 Å². The average Bonchev–Trinajstić information content (AvgIpc) is 2.58. The lowest BCUT2D eigenvalue weighted by atomic mass is 10.2. The third kappa shape index (κ3) is 18.6. The van der Waals surface area contributed by atoms with Crippen molar-refractivity contribution >= 4 is 55.1 Å². The number of esters is 2. The van der Waals surface area contributed by atoms with Crippen LogP contribution in [0.3, 0.4) is 0 Å². The molecule has 0 heterocycles. The lowest BCUT2D eigenvalue weighted by molar-refractivity contribution is -0.145. The molecule has 0 saturated heterocycles. The Balaban J connectivity index is 3.31. The van der Waals surface area contributed by atoms with Gasteiger partial charge in [0.05, 0.1) is 13.2 Å². The summed E-state index contributed by atoms with van der Waals surface area (Å²) in [5.41, 5.74) is 0. The minimum absolute atomic E-state index is 0.154. The minimum atomic E-state index is -0.242. The molecule has 0 unspecified atom stereocenters. The van der Waals surface area contributed by atoms with Crippen LogP contribution in [0.25, 0.3) is 0 Å². The van der Waals surface area contributed by atoms with Crippen molar-refractivity contribution in [2.75, 3.05) is 49.4 Å². The van der Waals surface area contributed by atoms with Gasteiger partial charge >= 0.3 is 11.9 Å². The van der Waals surface area contributed by atoms with E-state index in [1.54, 1.807) is 43.2 Å². The van der Waals surface area contributed by atoms with Gasteiger partial charge in [0, 0.05) is 35.9 Å². The molecular weight excluding hydrogens is 392 g/mol. The predicted octanol–water partition coefficient (Wildman–Crippen LogP) is 2.38. The van der Waals surface area contributed by atoms with Gasteiger partial charge in [-0.25, -0.2) is 0 Å². The molecule has 6 nitrogen and oxygen atoms in total. The summed E-state index contributed by atoms with van der Waals surface area (Å²) in [6, 6.07) is 0. The Bertz CT molecular complexity index is 290. The van der Waals surface area contributed by atoms with Crippen molar-refractivity contribution < 1.29 is 29.3 Å². The Morgan fingerprint density at radius 3 is 1.42 bits per heavy atom. The van der Waals surface area contributed by atoms with Crippen molar-refractivity contribution in [1.82, 2.24) is 0 Å². The maximum absolute atomic E-state index is 11.5. The van der Waals surface area contributed by atoms with Crippen molar-refractivity contribution in [2.45, 2.75) is 25.7 Å². The predicted molar refractivity (Wildman–Crippen MR) is 104 cm³/mol. The summed E-state index contributed by atoms with van der Waals surface area (Å²) in [5, 5.41) is 17.2. The molecule has 142 valence electrons. The summed E-state index contributed by atoms with van der Waals surface area (Å²) in [4.78, 5) is 22.9. The molecule has 0 aromatic carbocycles. The van der Waals surface area contributed by atoms with E-state index >= 15 is 0 Å². The molecule has 0 atom stereocenters. The van der Waals surface area contributed by atoms with E-state index in [1.165, 1.54) is 0 Å². The number of unbranched alkanes of at least 4 members (excludes halogenated alkanes) is 1. The molecule has 2 N–H and O–H groups in total. The average molecular weight is 419 g/mol. The van der Waals surface area contributed by atoms with Gasteiger partial charge in [-0.2, -0.15) is 0 Å². The normalized spacial score (nSPS) is 10.6. The SMILES string of the molecule is O=C(CCCCC(=O)OCCSSCCO)OCCSSCCO. The van der Waals surface area contributed by atoms with Gasteiger partial charge in [-0.1, -0.05) is 43.2 Å². The van der Waals surface area contributed by atoms with E-state index in [9.17, 15) is 9.59 Å². The van der Waals surface area contributed by atoms with E-state index in [-0.39, 0.29) is 25.2 Å². The van der Waals surface area contributed by atoms with Crippen molar-refractivity contribution in [3.05, 3.63) is 0 Å². The second kappa shape index (κ2) is 19.6. The minimum Gasteiger partial charge on any atom is -0.465 e. The fourth-order valence-corrected chi connectivity index (χ4v) is 4.57. The number of carbonyl (C=O) groups is 2.